The van der Waals surface area contributed by atoms with Crippen molar-refractivity contribution in [2.75, 3.05) is 20.2 Å². The van der Waals surface area contributed by atoms with E-state index < -0.39 is 0 Å². The van der Waals surface area contributed by atoms with Crippen molar-refractivity contribution in [3.63, 3.8) is 0 Å². The van der Waals surface area contributed by atoms with E-state index in [1.165, 1.54) is 5.56 Å². The van der Waals surface area contributed by atoms with Gasteiger partial charge in [-0.05, 0) is 60.5 Å². The van der Waals surface area contributed by atoms with Gasteiger partial charge < -0.3 is 4.74 Å². The standard InChI is InChI=1S/C23H23N5O/c1-29-21-5-2-17(3-6-21)14-27-13-10-20(15-27)23-25-22-7-4-19(16-28(22)26-23)18-8-11-24-12-9-18/h2-9,11-12,16,20H,10,13-15H2,1H3/t20-/m1/s1. The van der Waals surface area contributed by atoms with E-state index in [0.717, 1.165) is 54.4 Å². The Bertz CT molecular complexity index is 1110. The number of fused-ring (bicyclic) bond motifs is 1. The minimum absolute atomic E-state index is 0.373. The fraction of sp³-hybridized carbons (Fsp3) is 0.261. The molecule has 146 valence electrons. The van der Waals surface area contributed by atoms with E-state index in [2.05, 4.69) is 28.1 Å². The van der Waals surface area contributed by atoms with Gasteiger partial charge in [0.25, 0.3) is 0 Å². The van der Waals surface area contributed by atoms with Crippen LogP contribution in [0.15, 0.2) is 67.1 Å². The summed E-state index contributed by atoms with van der Waals surface area (Å²) in [4.78, 5) is 11.4. The van der Waals surface area contributed by atoms with Crippen molar-refractivity contribution in [3.8, 4) is 16.9 Å². The third kappa shape index (κ3) is 3.71. The number of aromatic nitrogens is 4. The van der Waals surface area contributed by atoms with Gasteiger partial charge in [0.2, 0.25) is 0 Å². The maximum absolute atomic E-state index is 5.24. The largest absolute Gasteiger partial charge is 0.497 e. The number of hydrogen-bond donors (Lipinski definition) is 0. The number of hydrogen-bond acceptors (Lipinski definition) is 5. The lowest BCUT2D eigenvalue weighted by molar-refractivity contribution is 0.325. The summed E-state index contributed by atoms with van der Waals surface area (Å²) < 4.78 is 7.14. The quantitative estimate of drug-likeness (QED) is 0.523. The van der Waals surface area contributed by atoms with E-state index in [0.29, 0.717) is 5.92 Å². The van der Waals surface area contributed by atoms with Gasteiger partial charge in [0, 0.05) is 43.2 Å². The molecule has 3 aromatic heterocycles. The van der Waals surface area contributed by atoms with Gasteiger partial charge in [-0.3, -0.25) is 9.88 Å². The lowest BCUT2D eigenvalue weighted by Crippen LogP contribution is -2.19. The summed E-state index contributed by atoms with van der Waals surface area (Å²) in [6.07, 6.45) is 6.75. The Kier molecular flexibility index (Phi) is 4.69. The molecular weight excluding hydrogens is 362 g/mol. The molecule has 1 aliphatic rings. The molecule has 0 N–H and O–H groups in total. The SMILES string of the molecule is COc1ccc(CN2CC[C@@H](c3nc4ccc(-c5ccncc5)cn4n3)C2)cc1. The highest BCUT2D eigenvalue weighted by Gasteiger charge is 2.27. The molecule has 29 heavy (non-hydrogen) atoms. The van der Waals surface area contributed by atoms with Gasteiger partial charge in [-0.2, -0.15) is 5.10 Å². The van der Waals surface area contributed by atoms with Crippen LogP contribution in [0.4, 0.5) is 0 Å². The molecule has 0 radical (unpaired) electrons. The number of benzene rings is 1. The molecular formula is C23H23N5O. The summed E-state index contributed by atoms with van der Waals surface area (Å²) in [5.41, 5.74) is 4.44. The van der Waals surface area contributed by atoms with Crippen molar-refractivity contribution < 1.29 is 4.74 Å². The Hall–Kier alpha value is -3.25. The average Bonchev–Trinajstić information content (AvgIpc) is 3.41. The predicted molar refractivity (Wildman–Crippen MR) is 112 cm³/mol. The molecule has 1 aromatic carbocycles. The predicted octanol–water partition coefficient (Wildman–Crippen LogP) is 3.79. The first-order valence-electron chi connectivity index (χ1n) is 9.90. The summed E-state index contributed by atoms with van der Waals surface area (Å²) in [5, 5.41) is 4.79. The highest BCUT2D eigenvalue weighted by molar-refractivity contribution is 5.63. The molecule has 1 saturated heterocycles. The Balaban J connectivity index is 1.30. The van der Waals surface area contributed by atoms with Crippen LogP contribution in [-0.2, 0) is 6.54 Å². The van der Waals surface area contributed by atoms with E-state index in [-0.39, 0.29) is 0 Å². The van der Waals surface area contributed by atoms with Gasteiger partial charge in [-0.25, -0.2) is 9.50 Å². The summed E-state index contributed by atoms with van der Waals surface area (Å²) in [7, 11) is 1.70. The molecule has 4 heterocycles. The smallest absolute Gasteiger partial charge is 0.156 e. The van der Waals surface area contributed by atoms with Gasteiger partial charge in [-0.15, -0.1) is 0 Å². The lowest BCUT2D eigenvalue weighted by atomic mass is 10.1. The van der Waals surface area contributed by atoms with Crippen molar-refractivity contribution in [1.82, 2.24) is 24.5 Å². The molecule has 0 unspecified atom stereocenters. The van der Waals surface area contributed by atoms with Crippen LogP contribution in [-0.4, -0.2) is 44.7 Å². The van der Waals surface area contributed by atoms with E-state index >= 15 is 0 Å². The molecule has 0 spiro atoms. The van der Waals surface area contributed by atoms with Crippen LogP contribution in [0.1, 0.15) is 23.7 Å². The minimum Gasteiger partial charge on any atom is -0.497 e. The molecule has 0 saturated carbocycles. The zero-order valence-corrected chi connectivity index (χ0v) is 16.4. The van der Waals surface area contributed by atoms with Gasteiger partial charge >= 0.3 is 0 Å². The number of nitrogens with zero attached hydrogens (tertiary/aromatic N) is 5. The monoisotopic (exact) mass is 385 g/mol. The minimum atomic E-state index is 0.373. The summed E-state index contributed by atoms with van der Waals surface area (Å²) in [6.45, 7) is 2.99. The maximum atomic E-state index is 5.24. The fourth-order valence-corrected chi connectivity index (χ4v) is 3.96. The Morgan fingerprint density at radius 1 is 1.00 bits per heavy atom. The Morgan fingerprint density at radius 2 is 1.83 bits per heavy atom. The van der Waals surface area contributed by atoms with E-state index in [4.69, 9.17) is 14.8 Å². The number of methoxy groups -OCH3 is 1. The number of likely N-dealkylation sites (tertiary alicyclic amines) is 1. The molecule has 1 fully saturated rings. The van der Waals surface area contributed by atoms with Crippen molar-refractivity contribution in [3.05, 3.63) is 78.5 Å². The number of ether oxygens (including phenoxy) is 1. The van der Waals surface area contributed by atoms with Gasteiger partial charge in [0.15, 0.2) is 11.5 Å². The first kappa shape index (κ1) is 17.8. The molecule has 0 amide bonds. The second-order valence-corrected chi connectivity index (χ2v) is 7.50. The molecule has 1 atom stereocenters. The van der Waals surface area contributed by atoms with Crippen LogP contribution in [0, 0.1) is 0 Å². The summed E-state index contributed by atoms with van der Waals surface area (Å²) in [6, 6.07) is 16.5. The Morgan fingerprint density at radius 3 is 2.62 bits per heavy atom. The fourth-order valence-electron chi connectivity index (χ4n) is 3.96. The first-order valence-corrected chi connectivity index (χ1v) is 9.90. The molecule has 6 nitrogen and oxygen atoms in total. The molecule has 0 bridgehead atoms. The van der Waals surface area contributed by atoms with Crippen LogP contribution in [0.3, 0.4) is 0 Å². The van der Waals surface area contributed by atoms with Gasteiger partial charge in [0.1, 0.15) is 5.75 Å². The molecule has 1 aliphatic heterocycles. The highest BCUT2D eigenvalue weighted by Crippen LogP contribution is 2.27. The van der Waals surface area contributed by atoms with Crippen molar-refractivity contribution in [1.29, 1.82) is 0 Å². The first-order chi connectivity index (χ1) is 14.3. The van der Waals surface area contributed by atoms with E-state index in [1.54, 1.807) is 7.11 Å². The third-order valence-electron chi connectivity index (χ3n) is 5.56. The van der Waals surface area contributed by atoms with Crippen molar-refractivity contribution in [2.45, 2.75) is 18.9 Å². The zero-order chi connectivity index (χ0) is 19.6. The average molecular weight is 385 g/mol. The summed E-state index contributed by atoms with van der Waals surface area (Å²) in [5.74, 6) is 2.21. The zero-order valence-electron chi connectivity index (χ0n) is 16.4. The van der Waals surface area contributed by atoms with Gasteiger partial charge in [-0.1, -0.05) is 12.1 Å². The molecule has 5 rings (SSSR count). The van der Waals surface area contributed by atoms with Crippen LogP contribution < -0.4 is 4.74 Å². The van der Waals surface area contributed by atoms with E-state index in [9.17, 15) is 0 Å². The van der Waals surface area contributed by atoms with E-state index in [1.807, 2.05) is 53.4 Å². The highest BCUT2D eigenvalue weighted by atomic mass is 16.5. The second-order valence-electron chi connectivity index (χ2n) is 7.50. The van der Waals surface area contributed by atoms with Crippen molar-refractivity contribution in [2.24, 2.45) is 0 Å². The lowest BCUT2D eigenvalue weighted by Gasteiger charge is -2.15. The maximum Gasteiger partial charge on any atom is 0.156 e. The molecule has 6 heteroatoms. The molecule has 4 aromatic rings. The second kappa shape index (κ2) is 7.64. The summed E-state index contributed by atoms with van der Waals surface area (Å²) >= 11 is 0. The third-order valence-corrected chi connectivity index (χ3v) is 5.56. The topological polar surface area (TPSA) is 55.5 Å². The van der Waals surface area contributed by atoms with Crippen LogP contribution in [0.2, 0.25) is 0 Å². The normalized spacial score (nSPS) is 17.1. The van der Waals surface area contributed by atoms with Crippen molar-refractivity contribution >= 4 is 5.65 Å². The molecule has 0 aliphatic carbocycles. The number of pyridine rings is 2. The van der Waals surface area contributed by atoms with Crippen LogP contribution >= 0.6 is 0 Å². The van der Waals surface area contributed by atoms with Crippen LogP contribution in [0.25, 0.3) is 16.8 Å². The Labute approximate surface area is 169 Å². The number of rotatable bonds is 5. The van der Waals surface area contributed by atoms with Crippen LogP contribution in [0.5, 0.6) is 5.75 Å². The van der Waals surface area contributed by atoms with Gasteiger partial charge in [0.05, 0.1) is 7.11 Å².